The molecule has 0 radical (unpaired) electrons. The van der Waals surface area contributed by atoms with Gasteiger partial charge in [-0.1, -0.05) is 48.5 Å². The molecule has 2 nitrogen and oxygen atoms in total. The summed E-state index contributed by atoms with van der Waals surface area (Å²) in [7, 11) is 0. The standard InChI is InChI=1S/C24H21F3N2/c25-24(26,27)23-8-4-7-21(14-23)20-9-11-29(12-10-20)17-18-13-22(16-28-15-18)19-5-2-1-3-6-19/h1-9,13-16H,10-12,17H2. The van der Waals surface area contributed by atoms with Crippen molar-refractivity contribution in [2.24, 2.45) is 0 Å². The molecular weight excluding hydrogens is 373 g/mol. The largest absolute Gasteiger partial charge is 0.416 e. The highest BCUT2D eigenvalue weighted by Gasteiger charge is 2.30. The van der Waals surface area contributed by atoms with Crippen LogP contribution in [0, 0.1) is 0 Å². The molecule has 0 saturated heterocycles. The van der Waals surface area contributed by atoms with Crippen LogP contribution in [0.2, 0.25) is 0 Å². The van der Waals surface area contributed by atoms with Crippen LogP contribution in [0.1, 0.15) is 23.1 Å². The maximum Gasteiger partial charge on any atom is 0.416 e. The van der Waals surface area contributed by atoms with E-state index in [1.165, 1.54) is 12.1 Å². The van der Waals surface area contributed by atoms with Crippen molar-refractivity contribution >= 4 is 5.57 Å². The average molecular weight is 394 g/mol. The van der Waals surface area contributed by atoms with Gasteiger partial charge in [0, 0.05) is 37.6 Å². The Kier molecular flexibility index (Phi) is 5.49. The summed E-state index contributed by atoms with van der Waals surface area (Å²) in [6, 6.07) is 17.9. The zero-order chi connectivity index (χ0) is 20.3. The highest BCUT2D eigenvalue weighted by atomic mass is 19.4. The van der Waals surface area contributed by atoms with Crippen LogP contribution in [-0.2, 0) is 12.7 Å². The summed E-state index contributed by atoms with van der Waals surface area (Å²) in [6.07, 6.45) is 2.19. The number of rotatable bonds is 4. The summed E-state index contributed by atoms with van der Waals surface area (Å²) >= 11 is 0. The van der Waals surface area contributed by atoms with Gasteiger partial charge < -0.3 is 0 Å². The van der Waals surface area contributed by atoms with Crippen LogP contribution in [0.15, 0.2) is 79.1 Å². The van der Waals surface area contributed by atoms with E-state index in [2.05, 4.69) is 28.1 Å². The summed E-state index contributed by atoms with van der Waals surface area (Å²) in [6.45, 7) is 2.28. The lowest BCUT2D eigenvalue weighted by atomic mass is 9.97. The van der Waals surface area contributed by atoms with Gasteiger partial charge in [0.25, 0.3) is 0 Å². The van der Waals surface area contributed by atoms with E-state index in [4.69, 9.17) is 0 Å². The summed E-state index contributed by atoms with van der Waals surface area (Å²) in [5.74, 6) is 0. The number of benzene rings is 2. The molecule has 0 spiro atoms. The Morgan fingerprint density at radius 1 is 0.862 bits per heavy atom. The van der Waals surface area contributed by atoms with Crippen LogP contribution in [0.5, 0.6) is 0 Å². The number of alkyl halides is 3. The van der Waals surface area contributed by atoms with Crippen LogP contribution in [0.3, 0.4) is 0 Å². The summed E-state index contributed by atoms with van der Waals surface area (Å²) in [4.78, 5) is 6.65. The fourth-order valence-electron chi connectivity index (χ4n) is 3.63. The molecule has 0 amide bonds. The van der Waals surface area contributed by atoms with Crippen molar-refractivity contribution in [3.05, 3.63) is 95.8 Å². The molecule has 2 heterocycles. The van der Waals surface area contributed by atoms with E-state index in [0.717, 1.165) is 47.8 Å². The molecule has 0 unspecified atom stereocenters. The van der Waals surface area contributed by atoms with Crippen LogP contribution in [0.25, 0.3) is 16.7 Å². The number of pyridine rings is 1. The minimum absolute atomic E-state index is 0.595. The second-order valence-electron chi connectivity index (χ2n) is 7.24. The summed E-state index contributed by atoms with van der Waals surface area (Å²) in [5, 5.41) is 0. The molecule has 4 rings (SSSR count). The lowest BCUT2D eigenvalue weighted by molar-refractivity contribution is -0.137. The van der Waals surface area contributed by atoms with Gasteiger partial charge in [-0.3, -0.25) is 9.88 Å². The molecule has 0 atom stereocenters. The third-order valence-electron chi connectivity index (χ3n) is 5.16. The number of aromatic nitrogens is 1. The Bertz CT molecular complexity index is 1010. The Hall–Kier alpha value is -2.92. The van der Waals surface area contributed by atoms with E-state index in [9.17, 15) is 13.2 Å². The van der Waals surface area contributed by atoms with Gasteiger partial charge in [0.05, 0.1) is 5.56 Å². The first-order chi connectivity index (χ1) is 14.0. The maximum absolute atomic E-state index is 13.0. The van der Waals surface area contributed by atoms with E-state index >= 15 is 0 Å². The number of nitrogens with zero attached hydrogens (tertiary/aromatic N) is 2. The van der Waals surface area contributed by atoms with Crippen molar-refractivity contribution in [3.8, 4) is 11.1 Å². The Morgan fingerprint density at radius 3 is 2.38 bits per heavy atom. The van der Waals surface area contributed by atoms with Crippen LogP contribution >= 0.6 is 0 Å². The fourth-order valence-corrected chi connectivity index (χ4v) is 3.63. The summed E-state index contributed by atoms with van der Waals surface area (Å²) < 4.78 is 38.9. The second-order valence-corrected chi connectivity index (χ2v) is 7.24. The van der Waals surface area contributed by atoms with E-state index in [0.29, 0.717) is 12.1 Å². The minimum atomic E-state index is -4.31. The lowest BCUT2D eigenvalue weighted by Gasteiger charge is -2.26. The average Bonchev–Trinajstić information content (AvgIpc) is 2.75. The van der Waals surface area contributed by atoms with Gasteiger partial charge in [-0.25, -0.2) is 0 Å². The van der Waals surface area contributed by atoms with Gasteiger partial charge in [0.1, 0.15) is 0 Å². The number of hydrogen-bond donors (Lipinski definition) is 0. The molecule has 5 heteroatoms. The highest BCUT2D eigenvalue weighted by Crippen LogP contribution is 2.32. The number of halogens is 3. The molecule has 2 aromatic carbocycles. The Balaban J connectivity index is 1.45. The predicted octanol–water partition coefficient (Wildman–Crippen LogP) is 6.06. The lowest BCUT2D eigenvalue weighted by Crippen LogP contribution is -2.28. The zero-order valence-corrected chi connectivity index (χ0v) is 15.9. The molecule has 0 N–H and O–H groups in total. The van der Waals surface area contributed by atoms with Gasteiger partial charge in [-0.05, 0) is 46.9 Å². The smallest absolute Gasteiger partial charge is 0.295 e. The Labute approximate surface area is 168 Å². The predicted molar refractivity (Wildman–Crippen MR) is 109 cm³/mol. The molecule has 1 aromatic heterocycles. The summed E-state index contributed by atoms with van der Waals surface area (Å²) in [5.41, 5.74) is 4.38. The molecule has 0 aliphatic carbocycles. The maximum atomic E-state index is 13.0. The van der Waals surface area contributed by atoms with Crippen molar-refractivity contribution in [2.75, 3.05) is 13.1 Å². The quantitative estimate of drug-likeness (QED) is 0.535. The van der Waals surface area contributed by atoms with Crippen molar-refractivity contribution in [3.63, 3.8) is 0 Å². The zero-order valence-electron chi connectivity index (χ0n) is 15.9. The third-order valence-corrected chi connectivity index (χ3v) is 5.16. The highest BCUT2D eigenvalue weighted by molar-refractivity contribution is 5.67. The Morgan fingerprint density at radius 2 is 1.66 bits per heavy atom. The second kappa shape index (κ2) is 8.21. The monoisotopic (exact) mass is 394 g/mol. The molecule has 0 saturated carbocycles. The molecule has 3 aromatic rings. The van der Waals surface area contributed by atoms with Crippen molar-refractivity contribution in [1.29, 1.82) is 0 Å². The fraction of sp³-hybridized carbons (Fsp3) is 0.208. The topological polar surface area (TPSA) is 16.1 Å². The van der Waals surface area contributed by atoms with E-state index in [1.807, 2.05) is 36.7 Å². The molecule has 0 bridgehead atoms. The molecule has 0 fully saturated rings. The van der Waals surface area contributed by atoms with Crippen LogP contribution in [0.4, 0.5) is 13.2 Å². The van der Waals surface area contributed by atoms with Crippen molar-refractivity contribution in [2.45, 2.75) is 19.1 Å². The van der Waals surface area contributed by atoms with Gasteiger partial charge in [0.2, 0.25) is 0 Å². The van der Waals surface area contributed by atoms with Gasteiger partial charge in [0.15, 0.2) is 0 Å². The van der Waals surface area contributed by atoms with E-state index in [1.54, 1.807) is 6.07 Å². The van der Waals surface area contributed by atoms with Gasteiger partial charge >= 0.3 is 6.18 Å². The van der Waals surface area contributed by atoms with Crippen LogP contribution in [-0.4, -0.2) is 23.0 Å². The first-order valence-corrected chi connectivity index (χ1v) is 9.57. The first kappa shape index (κ1) is 19.4. The van der Waals surface area contributed by atoms with Gasteiger partial charge in [-0.15, -0.1) is 0 Å². The van der Waals surface area contributed by atoms with Crippen molar-refractivity contribution in [1.82, 2.24) is 9.88 Å². The normalized spacial score (nSPS) is 15.2. The third kappa shape index (κ3) is 4.74. The molecule has 29 heavy (non-hydrogen) atoms. The van der Waals surface area contributed by atoms with E-state index in [-0.39, 0.29) is 0 Å². The van der Waals surface area contributed by atoms with E-state index < -0.39 is 11.7 Å². The SMILES string of the molecule is FC(F)(F)c1cccc(C2=CCN(Cc3cncc(-c4ccccc4)c3)CC2)c1. The molecular formula is C24H21F3N2. The first-order valence-electron chi connectivity index (χ1n) is 9.57. The minimum Gasteiger partial charge on any atom is -0.295 e. The van der Waals surface area contributed by atoms with Gasteiger partial charge in [-0.2, -0.15) is 13.2 Å². The molecule has 1 aliphatic rings. The molecule has 1 aliphatic heterocycles. The van der Waals surface area contributed by atoms with Crippen LogP contribution < -0.4 is 0 Å². The number of hydrogen-bond acceptors (Lipinski definition) is 2. The molecule has 148 valence electrons. The van der Waals surface area contributed by atoms with Crippen molar-refractivity contribution < 1.29 is 13.2 Å².